The van der Waals surface area contributed by atoms with Gasteiger partial charge in [-0.1, -0.05) is 38.1 Å². The monoisotopic (exact) mass is 367 g/mol. The van der Waals surface area contributed by atoms with Crippen molar-refractivity contribution in [3.8, 4) is 11.5 Å². The zero-order chi connectivity index (χ0) is 19.4. The number of amides is 1. The molecule has 0 spiro atoms. The first-order valence-corrected chi connectivity index (χ1v) is 9.29. The Morgan fingerprint density at radius 3 is 2.22 bits per heavy atom. The van der Waals surface area contributed by atoms with Gasteiger partial charge in [0, 0.05) is 19.5 Å². The van der Waals surface area contributed by atoms with Crippen molar-refractivity contribution >= 4 is 11.9 Å². The van der Waals surface area contributed by atoms with Gasteiger partial charge in [-0.15, -0.1) is 0 Å². The number of rotatable bonds is 7. The number of aliphatic carboxylic acids is 1. The van der Waals surface area contributed by atoms with Crippen LogP contribution in [-0.4, -0.2) is 35.0 Å². The first-order valence-electron chi connectivity index (χ1n) is 9.29. The van der Waals surface area contributed by atoms with Crippen LogP contribution in [0, 0.1) is 5.92 Å². The van der Waals surface area contributed by atoms with Crippen LogP contribution >= 0.6 is 0 Å². The van der Waals surface area contributed by atoms with E-state index in [2.05, 4.69) is 26.0 Å². The summed E-state index contributed by atoms with van der Waals surface area (Å²) in [6.45, 7) is 5.17. The number of benzene rings is 2. The maximum absolute atomic E-state index is 11.9. The minimum Gasteiger partial charge on any atom is -0.481 e. The van der Waals surface area contributed by atoms with Crippen molar-refractivity contribution in [3.63, 3.8) is 0 Å². The Kier molecular flexibility index (Phi) is 5.79. The Bertz CT molecular complexity index is 796. The van der Waals surface area contributed by atoms with Gasteiger partial charge >= 0.3 is 5.97 Å². The summed E-state index contributed by atoms with van der Waals surface area (Å²) < 4.78 is 5.87. The van der Waals surface area contributed by atoms with Gasteiger partial charge in [0.1, 0.15) is 11.5 Å². The number of nitrogens with zero attached hydrogens (tertiary/aromatic N) is 1. The van der Waals surface area contributed by atoms with E-state index in [0.29, 0.717) is 25.4 Å². The van der Waals surface area contributed by atoms with E-state index >= 15 is 0 Å². The average molecular weight is 367 g/mol. The van der Waals surface area contributed by atoms with Crippen molar-refractivity contribution in [1.29, 1.82) is 0 Å². The SMILES string of the molecule is CC(C)c1ccc(Oc2ccc(CCN3CC(C(=O)O)CC3=O)cc2)cc1. The smallest absolute Gasteiger partial charge is 0.308 e. The second-order valence-corrected chi connectivity index (χ2v) is 7.30. The van der Waals surface area contributed by atoms with Crippen molar-refractivity contribution in [2.75, 3.05) is 13.1 Å². The Morgan fingerprint density at radius 1 is 1.11 bits per heavy atom. The summed E-state index contributed by atoms with van der Waals surface area (Å²) in [6.07, 6.45) is 0.805. The number of likely N-dealkylation sites (tertiary alicyclic amines) is 1. The molecule has 0 radical (unpaired) electrons. The molecule has 1 unspecified atom stereocenters. The van der Waals surface area contributed by atoms with Crippen molar-refractivity contribution in [1.82, 2.24) is 4.90 Å². The molecule has 1 heterocycles. The molecule has 5 nitrogen and oxygen atoms in total. The fourth-order valence-corrected chi connectivity index (χ4v) is 3.20. The summed E-state index contributed by atoms with van der Waals surface area (Å²) in [4.78, 5) is 24.5. The first kappa shape index (κ1) is 19.0. The van der Waals surface area contributed by atoms with Gasteiger partial charge in [-0.25, -0.2) is 0 Å². The number of ether oxygens (including phenoxy) is 1. The zero-order valence-electron chi connectivity index (χ0n) is 15.7. The third-order valence-electron chi connectivity index (χ3n) is 4.94. The molecule has 0 aliphatic carbocycles. The summed E-state index contributed by atoms with van der Waals surface area (Å²) in [5.41, 5.74) is 2.36. The zero-order valence-corrected chi connectivity index (χ0v) is 15.7. The van der Waals surface area contributed by atoms with Gasteiger partial charge in [-0.3, -0.25) is 9.59 Å². The molecule has 0 aromatic heterocycles. The molecule has 142 valence electrons. The Balaban J connectivity index is 1.53. The van der Waals surface area contributed by atoms with Crippen molar-refractivity contribution in [2.45, 2.75) is 32.6 Å². The highest BCUT2D eigenvalue weighted by Gasteiger charge is 2.33. The predicted octanol–water partition coefficient (Wildman–Crippen LogP) is 4.08. The standard InChI is InChI=1S/C22H25NO4/c1-15(2)17-5-9-20(10-6-17)27-19-7-3-16(4-8-19)11-12-23-14-18(22(25)26)13-21(23)24/h3-10,15,18H,11-14H2,1-2H3,(H,25,26). The van der Waals surface area contributed by atoms with E-state index in [0.717, 1.165) is 17.1 Å². The maximum Gasteiger partial charge on any atom is 0.308 e. The van der Waals surface area contributed by atoms with E-state index in [9.17, 15) is 9.59 Å². The highest BCUT2D eigenvalue weighted by atomic mass is 16.5. The van der Waals surface area contributed by atoms with Gasteiger partial charge < -0.3 is 14.7 Å². The maximum atomic E-state index is 11.9. The highest BCUT2D eigenvalue weighted by molar-refractivity contribution is 5.86. The van der Waals surface area contributed by atoms with Crippen LogP contribution < -0.4 is 4.74 Å². The molecule has 1 N–H and O–H groups in total. The molecular weight excluding hydrogens is 342 g/mol. The van der Waals surface area contributed by atoms with Gasteiger partial charge in [0.25, 0.3) is 0 Å². The van der Waals surface area contributed by atoms with Crippen molar-refractivity contribution in [2.24, 2.45) is 5.92 Å². The molecule has 1 saturated heterocycles. The minimum absolute atomic E-state index is 0.0767. The second kappa shape index (κ2) is 8.25. The molecule has 3 rings (SSSR count). The number of carboxylic acids is 1. The molecule has 1 aliphatic heterocycles. The molecule has 1 aliphatic rings. The van der Waals surface area contributed by atoms with E-state index in [-0.39, 0.29) is 12.3 Å². The number of carbonyl (C=O) groups is 2. The predicted molar refractivity (Wildman–Crippen MR) is 103 cm³/mol. The summed E-state index contributed by atoms with van der Waals surface area (Å²) in [7, 11) is 0. The average Bonchev–Trinajstić information content (AvgIpc) is 3.03. The normalized spacial score (nSPS) is 16.8. The Hall–Kier alpha value is -2.82. The Labute approximate surface area is 159 Å². The van der Waals surface area contributed by atoms with Crippen LogP contribution in [-0.2, 0) is 16.0 Å². The summed E-state index contributed by atoms with van der Waals surface area (Å²) >= 11 is 0. The summed E-state index contributed by atoms with van der Waals surface area (Å²) in [6, 6.07) is 15.9. The largest absolute Gasteiger partial charge is 0.481 e. The molecule has 0 saturated carbocycles. The fraction of sp³-hybridized carbons (Fsp3) is 0.364. The molecule has 1 fully saturated rings. The molecule has 27 heavy (non-hydrogen) atoms. The second-order valence-electron chi connectivity index (χ2n) is 7.30. The quantitative estimate of drug-likeness (QED) is 0.801. The van der Waals surface area contributed by atoms with Crippen molar-refractivity contribution in [3.05, 3.63) is 59.7 Å². The lowest BCUT2D eigenvalue weighted by atomic mass is 10.0. The Morgan fingerprint density at radius 2 is 1.70 bits per heavy atom. The van der Waals surface area contributed by atoms with Crippen LogP contribution in [0.2, 0.25) is 0 Å². The van der Waals surface area contributed by atoms with Crippen LogP contribution in [0.25, 0.3) is 0 Å². The number of hydrogen-bond acceptors (Lipinski definition) is 3. The first-order chi connectivity index (χ1) is 12.9. The molecule has 2 aromatic rings. The van der Waals surface area contributed by atoms with Crippen LogP contribution in [0.4, 0.5) is 0 Å². The van der Waals surface area contributed by atoms with E-state index in [1.807, 2.05) is 36.4 Å². The number of carboxylic acid groups (broad SMARTS) is 1. The highest BCUT2D eigenvalue weighted by Crippen LogP contribution is 2.25. The topological polar surface area (TPSA) is 66.8 Å². The third kappa shape index (κ3) is 4.88. The van der Waals surface area contributed by atoms with Crippen LogP contribution in [0.1, 0.15) is 37.3 Å². The lowest BCUT2D eigenvalue weighted by molar-refractivity contribution is -0.141. The minimum atomic E-state index is -0.895. The molecule has 1 amide bonds. The molecule has 2 aromatic carbocycles. The lowest BCUT2D eigenvalue weighted by Gasteiger charge is -2.16. The van der Waals surface area contributed by atoms with Crippen molar-refractivity contribution < 1.29 is 19.4 Å². The van der Waals surface area contributed by atoms with Gasteiger partial charge in [0.15, 0.2) is 0 Å². The van der Waals surface area contributed by atoms with Crippen LogP contribution in [0.3, 0.4) is 0 Å². The lowest BCUT2D eigenvalue weighted by Crippen LogP contribution is -2.28. The van der Waals surface area contributed by atoms with Crippen LogP contribution in [0.15, 0.2) is 48.5 Å². The molecular formula is C22H25NO4. The van der Waals surface area contributed by atoms with E-state index in [1.165, 1.54) is 5.56 Å². The third-order valence-corrected chi connectivity index (χ3v) is 4.94. The summed E-state index contributed by atoms with van der Waals surface area (Å²) in [5, 5.41) is 9.04. The number of hydrogen-bond donors (Lipinski definition) is 1. The molecule has 1 atom stereocenters. The van der Waals surface area contributed by atoms with Gasteiger partial charge in [-0.2, -0.15) is 0 Å². The van der Waals surface area contributed by atoms with E-state index < -0.39 is 11.9 Å². The fourth-order valence-electron chi connectivity index (χ4n) is 3.20. The van der Waals surface area contributed by atoms with Gasteiger partial charge in [0.05, 0.1) is 5.92 Å². The molecule has 5 heteroatoms. The summed E-state index contributed by atoms with van der Waals surface area (Å²) in [5.74, 6) is 0.511. The van der Waals surface area contributed by atoms with Crippen LogP contribution in [0.5, 0.6) is 11.5 Å². The van der Waals surface area contributed by atoms with E-state index in [1.54, 1.807) is 4.90 Å². The number of carbonyl (C=O) groups excluding carboxylic acids is 1. The molecule has 0 bridgehead atoms. The van der Waals surface area contributed by atoms with Gasteiger partial charge in [-0.05, 0) is 47.7 Å². The van der Waals surface area contributed by atoms with E-state index in [4.69, 9.17) is 9.84 Å². The van der Waals surface area contributed by atoms with Gasteiger partial charge in [0.2, 0.25) is 5.91 Å².